The van der Waals surface area contributed by atoms with Gasteiger partial charge in [0.15, 0.2) is 4.30 Å². The Morgan fingerprint density at radius 3 is 1.07 bits per heavy atom. The van der Waals surface area contributed by atoms with Gasteiger partial charge < -0.3 is 39.4 Å². The zero-order valence-electron chi connectivity index (χ0n) is 45.5. The number of esters is 3. The smallest absolute Gasteiger partial charge is 0.355 e. The Balaban J connectivity index is 0.000000147. The summed E-state index contributed by atoms with van der Waals surface area (Å²) in [7, 11) is 0. The minimum atomic E-state index is -0.750. The van der Waals surface area contributed by atoms with E-state index < -0.39 is 4.30 Å². The molecular formula is C64H70Cl3N3O8S2. The van der Waals surface area contributed by atoms with E-state index in [-0.39, 0.29) is 43.0 Å². The topological polar surface area (TPSA) is 167 Å². The van der Waals surface area contributed by atoms with Crippen molar-refractivity contribution < 1.29 is 38.8 Å². The molecule has 20 rings (SSSR count). The molecule has 5 N–H and O–H groups in total. The summed E-state index contributed by atoms with van der Waals surface area (Å²) in [6.07, 6.45) is 38.4. The van der Waals surface area contributed by atoms with Crippen molar-refractivity contribution >= 4 is 75.4 Å². The molecule has 5 aromatic heterocycles. The molecule has 422 valence electrons. The number of halogens is 3. The number of alkyl halides is 3. The quantitative estimate of drug-likeness (QED) is 0.0356. The highest BCUT2D eigenvalue weighted by Crippen LogP contribution is 2.56. The van der Waals surface area contributed by atoms with E-state index in [0.29, 0.717) is 84.2 Å². The number of thiophene rings is 2. The first-order chi connectivity index (χ1) is 38.9. The Morgan fingerprint density at radius 2 is 0.738 bits per heavy atom. The lowest BCUT2D eigenvalue weighted by Gasteiger charge is -2.34. The fourth-order valence-corrected chi connectivity index (χ4v) is 18.0. The highest BCUT2D eigenvalue weighted by Gasteiger charge is 2.42. The number of aliphatic hydroxyl groups is 2. The lowest BCUT2D eigenvalue weighted by atomic mass is 9.70. The normalized spacial score (nSPS) is 26.1. The number of aromatic nitrogens is 3. The molecule has 5 heterocycles. The van der Waals surface area contributed by atoms with Crippen LogP contribution in [0.3, 0.4) is 0 Å². The summed E-state index contributed by atoms with van der Waals surface area (Å²) < 4.78 is 15.4. The molecule has 5 aromatic rings. The van der Waals surface area contributed by atoms with Crippen LogP contribution in [0.1, 0.15) is 262 Å². The molecule has 15 aliphatic rings. The summed E-state index contributed by atoms with van der Waals surface area (Å²) in [5.74, 6) is 3.41. The number of carbonyl (C=O) groups excluding carboxylic acids is 3. The third kappa shape index (κ3) is 10.00. The highest BCUT2D eigenvalue weighted by molar-refractivity contribution is 7.12. The van der Waals surface area contributed by atoms with Gasteiger partial charge in [-0.15, -0.1) is 22.7 Å². The molecule has 0 aliphatic heterocycles. The zero-order chi connectivity index (χ0) is 55.5. The molecule has 0 aromatic carbocycles. The van der Waals surface area contributed by atoms with Gasteiger partial charge in [0.2, 0.25) is 0 Å². The van der Waals surface area contributed by atoms with Crippen molar-refractivity contribution in [2.45, 2.75) is 175 Å². The molecule has 0 fully saturated rings. The minimum absolute atomic E-state index is 0.115. The van der Waals surface area contributed by atoms with Crippen molar-refractivity contribution in [2.24, 2.45) is 0 Å². The van der Waals surface area contributed by atoms with Crippen LogP contribution in [0.15, 0.2) is 67.0 Å². The Labute approximate surface area is 490 Å². The Bertz CT molecular complexity index is 3200. The molecule has 0 saturated carbocycles. The van der Waals surface area contributed by atoms with Gasteiger partial charge >= 0.3 is 17.9 Å². The summed E-state index contributed by atoms with van der Waals surface area (Å²) in [5.41, 5.74) is 17.6. The number of nitrogens with one attached hydrogen (secondary N) is 3. The molecule has 11 nitrogen and oxygen atoms in total. The molecule has 0 spiro atoms. The maximum Gasteiger partial charge on any atom is 0.355 e. The molecular weight excluding hydrogens is 1110 g/mol. The van der Waals surface area contributed by atoms with Gasteiger partial charge in [0.25, 0.3) is 0 Å². The van der Waals surface area contributed by atoms with E-state index >= 15 is 0 Å². The highest BCUT2D eigenvalue weighted by atomic mass is 35.6. The number of aromatic amines is 3. The SMILES string of the molecule is CCOC(=O)c1[nH]c(Cc2sc(Cc3[nH]c(C(=O)OCC)c4c3C3C=CC4CC3)c3c2C2C=CC3CC2)c2c1C1C=CC2CC1.CCOC(=O)c1[nH]cc2c1C1C=CC2CC1.ClC(Cl)Cl.OCc1sc(CO)c2c1C1C=CC2CC1. The van der Waals surface area contributed by atoms with Crippen molar-refractivity contribution in [1.29, 1.82) is 0 Å². The monoisotopic (exact) mass is 1180 g/mol. The second-order valence-corrected chi connectivity index (χ2v) is 27.0. The van der Waals surface area contributed by atoms with E-state index in [0.717, 1.165) is 54.7 Å². The zero-order valence-corrected chi connectivity index (χ0v) is 49.4. The number of hydrogen-bond donors (Lipinski definition) is 5. The summed E-state index contributed by atoms with van der Waals surface area (Å²) in [6.45, 7) is 6.99. The van der Waals surface area contributed by atoms with Crippen molar-refractivity contribution in [3.05, 3.63) is 171 Å². The van der Waals surface area contributed by atoms with E-state index in [1.54, 1.807) is 11.3 Å². The fourth-order valence-electron chi connectivity index (χ4n) is 15.4. The summed E-state index contributed by atoms with van der Waals surface area (Å²) in [4.78, 5) is 53.4. The second-order valence-electron chi connectivity index (χ2n) is 22.7. The van der Waals surface area contributed by atoms with Crippen molar-refractivity contribution in [3.63, 3.8) is 0 Å². The van der Waals surface area contributed by atoms with Gasteiger partial charge in [0.05, 0.1) is 33.0 Å². The predicted octanol–water partition coefficient (Wildman–Crippen LogP) is 15.5. The lowest BCUT2D eigenvalue weighted by Crippen LogP contribution is -2.20. The maximum atomic E-state index is 13.1. The van der Waals surface area contributed by atoms with Gasteiger partial charge in [-0.2, -0.15) is 0 Å². The first kappa shape index (κ1) is 55.7. The molecule has 10 bridgehead atoms. The first-order valence-corrected chi connectivity index (χ1v) is 31.9. The van der Waals surface area contributed by atoms with Gasteiger partial charge in [-0.1, -0.05) is 95.6 Å². The third-order valence-corrected chi connectivity index (χ3v) is 20.9. The molecule has 15 aliphatic carbocycles. The van der Waals surface area contributed by atoms with Crippen LogP contribution in [-0.4, -0.2) is 67.2 Å². The van der Waals surface area contributed by atoms with E-state index in [1.807, 2.05) is 38.3 Å². The van der Waals surface area contributed by atoms with Crippen LogP contribution in [0, 0.1) is 0 Å². The van der Waals surface area contributed by atoms with Crippen LogP contribution in [0.2, 0.25) is 0 Å². The molecule has 0 amide bonds. The van der Waals surface area contributed by atoms with E-state index in [4.69, 9.17) is 49.0 Å². The second kappa shape index (κ2) is 23.4. The van der Waals surface area contributed by atoms with Crippen molar-refractivity contribution in [1.82, 2.24) is 15.0 Å². The van der Waals surface area contributed by atoms with Crippen LogP contribution in [0.4, 0.5) is 0 Å². The number of allylic oxidation sites excluding steroid dienone is 10. The van der Waals surface area contributed by atoms with Gasteiger partial charge in [0, 0.05) is 109 Å². The lowest BCUT2D eigenvalue weighted by molar-refractivity contribution is 0.0508. The van der Waals surface area contributed by atoms with Crippen molar-refractivity contribution in [2.75, 3.05) is 19.8 Å². The van der Waals surface area contributed by atoms with Crippen LogP contribution >= 0.6 is 57.5 Å². The Hall–Kier alpha value is -4.86. The summed E-state index contributed by atoms with van der Waals surface area (Å²) >= 11 is 18.0. The van der Waals surface area contributed by atoms with Crippen LogP contribution in [0.5, 0.6) is 0 Å². The number of H-pyrrole nitrogens is 3. The molecule has 0 radical (unpaired) electrons. The van der Waals surface area contributed by atoms with Gasteiger partial charge in [-0.3, -0.25) is 0 Å². The first-order valence-electron chi connectivity index (χ1n) is 29.0. The number of rotatable bonds is 12. The number of ether oxygens (including phenoxy) is 3. The molecule has 10 atom stereocenters. The predicted molar refractivity (Wildman–Crippen MR) is 317 cm³/mol. The number of aliphatic hydroxyl groups excluding tert-OH is 2. The van der Waals surface area contributed by atoms with Crippen LogP contribution < -0.4 is 0 Å². The number of fused-ring (bicyclic) bond motifs is 5. The van der Waals surface area contributed by atoms with Crippen molar-refractivity contribution in [3.8, 4) is 0 Å². The average Bonchev–Trinajstić information content (AvgIpc) is 4.45. The Morgan fingerprint density at radius 1 is 0.450 bits per heavy atom. The standard InChI is InChI=1S/C38H40N2O4S.C13H15NO2.C12H14O2S.CHCl3/c1-3-43-37(41)35-33-23-13-5-19(6-14-23)29(33)25(39-35)17-27-31-21-9-11-22(12-10-21)32(31)28(45-27)18-26-30-20-7-15-24(16-8-20)34(30)36(40-26)38(42)44-4-2;1-2-16-13(15)12-11-9-5-3-8(4-6-9)10(11)7-14-12;13-5-9-11-7-1-2-8(4-3-7)12(11)10(6-14)15-9;2-1(3)4/h5,7,9,11,13,15,19-24,39-40H,3-4,6,8,10,12,14,16-18H2,1-2H3;3,5,7-9,14H,2,4,6H2,1H3;1-2,7-8,13-14H,3-6H2;1H. The minimum Gasteiger partial charge on any atom is -0.461 e. The van der Waals surface area contributed by atoms with Gasteiger partial charge in [-0.05, 0) is 141 Å². The molecule has 0 saturated heterocycles. The van der Waals surface area contributed by atoms with Gasteiger partial charge in [-0.25, -0.2) is 14.4 Å². The molecule has 10 unspecified atom stereocenters. The fraction of sp³-hybridized carbons (Fsp3) is 0.484. The number of hydrogen-bond acceptors (Lipinski definition) is 10. The maximum absolute atomic E-state index is 13.1. The van der Waals surface area contributed by atoms with Crippen LogP contribution in [-0.2, 0) is 40.3 Å². The van der Waals surface area contributed by atoms with Gasteiger partial charge in [0.1, 0.15) is 17.1 Å². The molecule has 16 heteroatoms. The summed E-state index contributed by atoms with van der Waals surface area (Å²) in [5, 5.41) is 18.7. The number of carbonyl (C=O) groups is 3. The van der Waals surface area contributed by atoms with Crippen LogP contribution in [0.25, 0.3) is 0 Å². The van der Waals surface area contributed by atoms with E-state index in [2.05, 4.69) is 75.7 Å². The largest absolute Gasteiger partial charge is 0.461 e. The van der Waals surface area contributed by atoms with E-state index in [9.17, 15) is 24.6 Å². The average molecular weight is 1180 g/mol. The summed E-state index contributed by atoms with van der Waals surface area (Å²) in [6, 6.07) is 0. The Kier molecular flexibility index (Phi) is 16.3. The van der Waals surface area contributed by atoms with E-state index in [1.165, 1.54) is 109 Å². The molecule has 80 heavy (non-hydrogen) atoms. The third-order valence-electron chi connectivity index (χ3n) is 18.5.